The Labute approximate surface area is 131 Å². The lowest BCUT2D eigenvalue weighted by molar-refractivity contribution is 0.756. The molecule has 0 bridgehead atoms. The van der Waals surface area contributed by atoms with Crippen molar-refractivity contribution >= 4 is 23.4 Å². The summed E-state index contributed by atoms with van der Waals surface area (Å²) in [5, 5.41) is 13.2. The molecule has 106 valence electrons. The van der Waals surface area contributed by atoms with Gasteiger partial charge >= 0.3 is 0 Å². The van der Waals surface area contributed by atoms with Crippen molar-refractivity contribution < 1.29 is 0 Å². The molecule has 21 heavy (non-hydrogen) atoms. The molecule has 0 atom stereocenters. The van der Waals surface area contributed by atoms with Gasteiger partial charge in [-0.3, -0.25) is 0 Å². The zero-order chi connectivity index (χ0) is 14.7. The summed E-state index contributed by atoms with van der Waals surface area (Å²) in [6, 6.07) is 15.4. The molecular weight excluding hydrogens is 306 g/mol. The molecule has 0 saturated heterocycles. The molecule has 0 fully saturated rings. The molecule has 2 aromatic carbocycles. The van der Waals surface area contributed by atoms with Crippen LogP contribution in [0.4, 0.5) is 0 Å². The number of nitrogens with two attached hydrogens (primary N) is 1. The molecule has 0 spiro atoms. The van der Waals surface area contributed by atoms with Gasteiger partial charge in [0.1, 0.15) is 0 Å². The maximum absolute atomic E-state index is 6.17. The van der Waals surface area contributed by atoms with Gasteiger partial charge in [0.05, 0.1) is 5.69 Å². The third-order valence-electron chi connectivity index (χ3n) is 2.92. The number of hydrogen-bond donors (Lipinski definition) is 1. The first-order chi connectivity index (χ1) is 10.3. The average molecular weight is 318 g/mol. The summed E-state index contributed by atoms with van der Waals surface area (Å²) < 4.78 is 1.69. The van der Waals surface area contributed by atoms with Crippen molar-refractivity contribution in [1.29, 1.82) is 0 Å². The number of halogens is 1. The largest absolute Gasteiger partial charge is 0.326 e. The van der Waals surface area contributed by atoms with Crippen LogP contribution in [0.15, 0.2) is 58.6 Å². The SMILES string of the molecule is NCc1c(Cl)cccc1Sc1nnnn1-c1ccccc1. The molecule has 1 aromatic heterocycles. The van der Waals surface area contributed by atoms with Crippen molar-refractivity contribution in [3.05, 3.63) is 59.1 Å². The van der Waals surface area contributed by atoms with E-state index >= 15 is 0 Å². The average Bonchev–Trinajstić information content (AvgIpc) is 2.97. The maximum atomic E-state index is 6.17. The Bertz CT molecular complexity index is 744. The number of hydrogen-bond acceptors (Lipinski definition) is 5. The second-order valence-corrected chi connectivity index (χ2v) is 5.65. The van der Waals surface area contributed by atoms with Crippen LogP contribution in [-0.4, -0.2) is 20.2 Å². The second-order valence-electron chi connectivity index (χ2n) is 4.23. The van der Waals surface area contributed by atoms with Crippen molar-refractivity contribution in [3.63, 3.8) is 0 Å². The van der Waals surface area contributed by atoms with Crippen molar-refractivity contribution in [3.8, 4) is 5.69 Å². The molecule has 3 aromatic rings. The van der Waals surface area contributed by atoms with E-state index in [-0.39, 0.29) is 0 Å². The predicted octanol–water partition coefficient (Wildman–Crippen LogP) is 2.93. The summed E-state index contributed by atoms with van der Waals surface area (Å²) in [6.07, 6.45) is 0. The molecule has 3 rings (SSSR count). The quantitative estimate of drug-likeness (QED) is 0.801. The monoisotopic (exact) mass is 317 g/mol. The Hall–Kier alpha value is -1.89. The molecule has 0 aliphatic heterocycles. The minimum absolute atomic E-state index is 0.370. The lowest BCUT2D eigenvalue weighted by Crippen LogP contribution is -2.01. The van der Waals surface area contributed by atoms with E-state index in [1.54, 1.807) is 4.68 Å². The molecule has 7 heteroatoms. The van der Waals surface area contributed by atoms with Gasteiger partial charge in [0.25, 0.3) is 0 Å². The van der Waals surface area contributed by atoms with E-state index in [4.69, 9.17) is 17.3 Å². The zero-order valence-electron chi connectivity index (χ0n) is 11.0. The molecule has 2 N–H and O–H groups in total. The Morgan fingerprint density at radius 2 is 1.90 bits per heavy atom. The third kappa shape index (κ3) is 2.92. The normalized spacial score (nSPS) is 10.8. The van der Waals surface area contributed by atoms with Gasteiger partial charge in [0, 0.05) is 16.5 Å². The first-order valence-electron chi connectivity index (χ1n) is 6.28. The van der Waals surface area contributed by atoms with Crippen molar-refractivity contribution in [2.45, 2.75) is 16.6 Å². The second kappa shape index (κ2) is 6.26. The highest BCUT2D eigenvalue weighted by molar-refractivity contribution is 7.99. The summed E-state index contributed by atoms with van der Waals surface area (Å²) in [5.41, 5.74) is 7.57. The van der Waals surface area contributed by atoms with Crippen molar-refractivity contribution in [2.24, 2.45) is 5.73 Å². The van der Waals surface area contributed by atoms with Gasteiger partial charge in [-0.1, -0.05) is 35.9 Å². The van der Waals surface area contributed by atoms with Crippen molar-refractivity contribution in [1.82, 2.24) is 20.2 Å². The minimum Gasteiger partial charge on any atom is -0.326 e. The van der Waals surface area contributed by atoms with Crippen LogP contribution in [0.5, 0.6) is 0 Å². The minimum atomic E-state index is 0.370. The highest BCUT2D eigenvalue weighted by Crippen LogP contribution is 2.32. The van der Waals surface area contributed by atoms with Crippen LogP contribution >= 0.6 is 23.4 Å². The molecule has 0 radical (unpaired) electrons. The van der Waals surface area contributed by atoms with Gasteiger partial charge in [-0.25, -0.2) is 0 Å². The summed E-state index contributed by atoms with van der Waals surface area (Å²) in [7, 11) is 0. The standard InChI is InChI=1S/C14H12ClN5S/c15-12-7-4-8-13(11(12)9-16)21-14-17-18-19-20(14)10-5-2-1-3-6-10/h1-8H,9,16H2. The van der Waals surface area contributed by atoms with E-state index in [1.807, 2.05) is 48.5 Å². The van der Waals surface area contributed by atoms with Crippen LogP contribution in [0.1, 0.15) is 5.56 Å². The van der Waals surface area contributed by atoms with Crippen LogP contribution < -0.4 is 5.73 Å². The fourth-order valence-corrected chi connectivity index (χ4v) is 3.18. The van der Waals surface area contributed by atoms with Crippen LogP contribution in [-0.2, 0) is 6.54 Å². The number of tetrazole rings is 1. The Balaban J connectivity index is 1.98. The number of para-hydroxylation sites is 1. The molecule has 0 saturated carbocycles. The van der Waals surface area contributed by atoms with E-state index in [9.17, 15) is 0 Å². The summed E-state index contributed by atoms with van der Waals surface area (Å²) in [6.45, 7) is 0.370. The first-order valence-corrected chi connectivity index (χ1v) is 7.48. The molecule has 0 aliphatic carbocycles. The van der Waals surface area contributed by atoms with E-state index < -0.39 is 0 Å². The van der Waals surface area contributed by atoms with Gasteiger partial charge in [-0.15, -0.1) is 5.10 Å². The summed E-state index contributed by atoms with van der Waals surface area (Å²) in [5.74, 6) is 0. The Kier molecular flexibility index (Phi) is 4.19. The first kappa shape index (κ1) is 14.1. The highest BCUT2D eigenvalue weighted by Gasteiger charge is 2.13. The fraction of sp³-hybridized carbons (Fsp3) is 0.0714. The van der Waals surface area contributed by atoms with Crippen molar-refractivity contribution in [2.75, 3.05) is 0 Å². The fourth-order valence-electron chi connectivity index (χ4n) is 1.90. The molecule has 0 aliphatic rings. The Morgan fingerprint density at radius 1 is 1.10 bits per heavy atom. The van der Waals surface area contributed by atoms with E-state index in [0.29, 0.717) is 16.7 Å². The maximum Gasteiger partial charge on any atom is 0.218 e. The number of benzene rings is 2. The van der Waals surface area contributed by atoms with Gasteiger partial charge in [0.15, 0.2) is 0 Å². The predicted molar refractivity (Wildman–Crippen MR) is 82.6 cm³/mol. The smallest absolute Gasteiger partial charge is 0.218 e. The summed E-state index contributed by atoms with van der Waals surface area (Å²) in [4.78, 5) is 0.956. The van der Waals surface area contributed by atoms with Crippen LogP contribution in [0.25, 0.3) is 5.69 Å². The Morgan fingerprint density at radius 3 is 2.67 bits per heavy atom. The van der Waals surface area contributed by atoms with E-state index in [2.05, 4.69) is 15.5 Å². The third-order valence-corrected chi connectivity index (χ3v) is 4.32. The van der Waals surface area contributed by atoms with Gasteiger partial charge in [-0.2, -0.15) is 4.68 Å². The molecule has 0 amide bonds. The van der Waals surface area contributed by atoms with Crippen LogP contribution in [0.3, 0.4) is 0 Å². The summed E-state index contributed by atoms with van der Waals surface area (Å²) >= 11 is 7.62. The van der Waals surface area contributed by atoms with Gasteiger partial charge < -0.3 is 5.73 Å². The number of aromatic nitrogens is 4. The zero-order valence-corrected chi connectivity index (χ0v) is 12.6. The molecule has 0 unspecified atom stereocenters. The lowest BCUT2D eigenvalue weighted by atomic mass is 10.2. The van der Waals surface area contributed by atoms with E-state index in [0.717, 1.165) is 16.1 Å². The van der Waals surface area contributed by atoms with E-state index in [1.165, 1.54) is 11.8 Å². The molecular formula is C14H12ClN5S. The van der Waals surface area contributed by atoms with Crippen LogP contribution in [0.2, 0.25) is 5.02 Å². The molecule has 5 nitrogen and oxygen atoms in total. The van der Waals surface area contributed by atoms with Crippen LogP contribution in [0, 0.1) is 0 Å². The lowest BCUT2D eigenvalue weighted by Gasteiger charge is -2.09. The number of nitrogens with zero attached hydrogens (tertiary/aromatic N) is 4. The topological polar surface area (TPSA) is 69.6 Å². The number of rotatable bonds is 4. The van der Waals surface area contributed by atoms with Gasteiger partial charge in [-0.05, 0) is 52.0 Å². The highest BCUT2D eigenvalue weighted by atomic mass is 35.5. The molecule has 1 heterocycles. The van der Waals surface area contributed by atoms with Gasteiger partial charge in [0.2, 0.25) is 5.16 Å².